The molecule has 0 spiro atoms. The van der Waals surface area contributed by atoms with Gasteiger partial charge in [-0.2, -0.15) is 0 Å². The fraction of sp³-hybridized carbons (Fsp3) is 0.222. The van der Waals surface area contributed by atoms with Gasteiger partial charge >= 0.3 is 21.2 Å². The second-order valence-electron chi connectivity index (χ2n) is 4.92. The van der Waals surface area contributed by atoms with Gasteiger partial charge in [-0.15, -0.1) is 0 Å². The summed E-state index contributed by atoms with van der Waals surface area (Å²) < 4.78 is 3.27. The number of allylic oxidation sites excluding steroid dienone is 2. The van der Waals surface area contributed by atoms with Crippen molar-refractivity contribution in [3.63, 3.8) is 0 Å². The van der Waals surface area contributed by atoms with Crippen molar-refractivity contribution in [2.24, 2.45) is 0 Å². The lowest BCUT2D eigenvalue weighted by atomic mass is 9.88. The summed E-state index contributed by atoms with van der Waals surface area (Å²) in [6.07, 6.45) is 6.36. The number of rotatable bonds is 3. The molecule has 0 bridgehead atoms. The highest BCUT2D eigenvalue weighted by molar-refractivity contribution is 5.22. The fourth-order valence-electron chi connectivity index (χ4n) is 2.53. The zero-order chi connectivity index (χ0) is 12.9. The highest BCUT2D eigenvalue weighted by Crippen LogP contribution is 2.29. The first-order valence-electron chi connectivity index (χ1n) is 6.85. The van der Waals surface area contributed by atoms with Gasteiger partial charge in [0, 0.05) is 6.42 Å². The number of hydrogen-bond donors (Lipinski definition) is 0. The zero-order valence-electron chi connectivity index (χ0n) is 10.9. The van der Waals surface area contributed by atoms with Gasteiger partial charge in [-0.1, -0.05) is 48.5 Å². The van der Waals surface area contributed by atoms with Crippen LogP contribution in [0, 0.1) is 3.57 Å². The summed E-state index contributed by atoms with van der Waals surface area (Å²) in [7, 11) is 0. The molecule has 3 rings (SSSR count). The monoisotopic (exact) mass is 361 g/mol. The van der Waals surface area contributed by atoms with Crippen LogP contribution in [0.15, 0.2) is 70.3 Å². The second-order valence-corrected chi connectivity index (χ2v) is 8.09. The van der Waals surface area contributed by atoms with E-state index in [-0.39, 0.29) is 21.2 Å². The minimum atomic E-state index is 0.0772. The standard InChI is InChI=1S/C18H18I/c1-3-7-15(8-4-1)16-11-13-18(14-12-16)19-17-9-5-2-6-10-17/h1-10,13,16H,11-12,14H2/q+1. The van der Waals surface area contributed by atoms with Crippen LogP contribution in [0.3, 0.4) is 0 Å². The Hall–Kier alpha value is -1.09. The van der Waals surface area contributed by atoms with Crippen molar-refractivity contribution in [1.29, 1.82) is 0 Å². The Balaban J connectivity index is 1.64. The minimum Gasteiger partial charge on any atom is -0.0622 e. The second kappa shape index (κ2) is 6.38. The molecular weight excluding hydrogens is 343 g/mol. The normalized spacial score (nSPS) is 18.9. The van der Waals surface area contributed by atoms with E-state index < -0.39 is 0 Å². The Morgan fingerprint density at radius 3 is 2.16 bits per heavy atom. The van der Waals surface area contributed by atoms with E-state index in [9.17, 15) is 0 Å². The van der Waals surface area contributed by atoms with Crippen molar-refractivity contribution in [1.82, 2.24) is 0 Å². The van der Waals surface area contributed by atoms with E-state index in [1.54, 1.807) is 7.15 Å². The first kappa shape index (κ1) is 12.9. The maximum absolute atomic E-state index is 2.52. The predicted molar refractivity (Wildman–Crippen MR) is 76.3 cm³/mol. The van der Waals surface area contributed by atoms with Crippen LogP contribution in [0.25, 0.3) is 0 Å². The van der Waals surface area contributed by atoms with Gasteiger partial charge in [-0.05, 0) is 42.5 Å². The molecule has 0 amide bonds. The summed E-state index contributed by atoms with van der Waals surface area (Å²) in [6, 6.07) is 21.9. The molecule has 0 saturated heterocycles. The van der Waals surface area contributed by atoms with Crippen molar-refractivity contribution >= 4 is 0 Å². The first-order valence-corrected chi connectivity index (χ1v) is 9.01. The summed E-state index contributed by atoms with van der Waals surface area (Å²) in [6.45, 7) is 0. The van der Waals surface area contributed by atoms with Crippen molar-refractivity contribution in [3.05, 3.63) is 79.5 Å². The quantitative estimate of drug-likeness (QED) is 0.732. The topological polar surface area (TPSA) is 0 Å². The lowest BCUT2D eigenvalue weighted by Crippen LogP contribution is -3.61. The summed E-state index contributed by atoms with van der Waals surface area (Å²) in [5.74, 6) is 0.740. The van der Waals surface area contributed by atoms with Gasteiger partial charge in [-0.25, -0.2) is 0 Å². The molecule has 0 heterocycles. The van der Waals surface area contributed by atoms with Crippen LogP contribution in [0.5, 0.6) is 0 Å². The van der Waals surface area contributed by atoms with Gasteiger partial charge in [0.2, 0.25) is 0 Å². The molecule has 0 aliphatic heterocycles. The van der Waals surface area contributed by atoms with Crippen molar-refractivity contribution in [2.45, 2.75) is 25.2 Å². The maximum atomic E-state index is 2.52. The predicted octanol–water partition coefficient (Wildman–Crippen LogP) is 1.80. The number of halogens is 1. The Morgan fingerprint density at radius 1 is 0.842 bits per heavy atom. The van der Waals surface area contributed by atoms with Crippen LogP contribution in [0.4, 0.5) is 0 Å². The molecule has 0 fully saturated rings. The van der Waals surface area contributed by atoms with Crippen LogP contribution in [0.2, 0.25) is 0 Å². The fourth-order valence-corrected chi connectivity index (χ4v) is 5.16. The largest absolute Gasteiger partial charge is 0.352 e. The van der Waals surface area contributed by atoms with E-state index >= 15 is 0 Å². The third-order valence-corrected chi connectivity index (χ3v) is 6.60. The van der Waals surface area contributed by atoms with Crippen LogP contribution in [-0.2, 0) is 0 Å². The summed E-state index contributed by atoms with van der Waals surface area (Å²) in [5, 5.41) is 0. The summed E-state index contributed by atoms with van der Waals surface area (Å²) >= 11 is 0.0772. The van der Waals surface area contributed by atoms with E-state index in [1.807, 2.05) is 0 Å². The maximum Gasteiger partial charge on any atom is 0.352 e. The van der Waals surface area contributed by atoms with Gasteiger partial charge < -0.3 is 0 Å². The Bertz CT molecular complexity index is 542. The zero-order valence-corrected chi connectivity index (χ0v) is 13.1. The van der Waals surface area contributed by atoms with Crippen LogP contribution < -0.4 is 21.2 Å². The third kappa shape index (κ3) is 3.47. The molecule has 19 heavy (non-hydrogen) atoms. The van der Waals surface area contributed by atoms with E-state index in [4.69, 9.17) is 0 Å². The molecule has 0 N–H and O–H groups in total. The molecule has 2 aromatic carbocycles. The van der Waals surface area contributed by atoms with Gasteiger partial charge in [0.15, 0.2) is 7.15 Å². The molecule has 0 radical (unpaired) electrons. The molecular formula is C18H18I+. The lowest BCUT2D eigenvalue weighted by Gasteiger charge is -2.18. The molecule has 0 saturated carbocycles. The summed E-state index contributed by atoms with van der Waals surface area (Å²) in [4.78, 5) is 0. The van der Waals surface area contributed by atoms with Crippen LogP contribution in [0.1, 0.15) is 30.7 Å². The minimum absolute atomic E-state index is 0.0772. The third-order valence-electron chi connectivity index (χ3n) is 3.59. The molecule has 1 unspecified atom stereocenters. The van der Waals surface area contributed by atoms with Crippen LogP contribution in [-0.4, -0.2) is 0 Å². The van der Waals surface area contributed by atoms with Gasteiger partial charge in [0.25, 0.3) is 0 Å². The van der Waals surface area contributed by atoms with Crippen molar-refractivity contribution in [2.75, 3.05) is 0 Å². The Morgan fingerprint density at radius 2 is 1.53 bits per heavy atom. The Labute approximate surface area is 125 Å². The van der Waals surface area contributed by atoms with E-state index in [0.717, 1.165) is 5.92 Å². The lowest BCUT2D eigenvalue weighted by molar-refractivity contribution is -0.579. The van der Waals surface area contributed by atoms with Crippen molar-refractivity contribution < 1.29 is 21.2 Å². The molecule has 1 aliphatic rings. The molecule has 96 valence electrons. The van der Waals surface area contributed by atoms with E-state index in [0.29, 0.717) is 0 Å². The smallest absolute Gasteiger partial charge is 0.0622 e. The molecule has 1 atom stereocenters. The number of hydrogen-bond acceptors (Lipinski definition) is 0. The Kier molecular flexibility index (Phi) is 4.34. The van der Waals surface area contributed by atoms with Gasteiger partial charge in [-0.3, -0.25) is 0 Å². The average Bonchev–Trinajstić information content (AvgIpc) is 2.50. The molecule has 0 aromatic heterocycles. The number of benzene rings is 2. The van der Waals surface area contributed by atoms with Gasteiger partial charge in [0.05, 0.1) is 0 Å². The average molecular weight is 361 g/mol. The van der Waals surface area contributed by atoms with Crippen LogP contribution >= 0.6 is 0 Å². The molecule has 1 aliphatic carbocycles. The molecule has 0 nitrogen and oxygen atoms in total. The highest BCUT2D eigenvalue weighted by atomic mass is 127. The summed E-state index contributed by atoms with van der Waals surface area (Å²) in [5.41, 5.74) is 1.51. The van der Waals surface area contributed by atoms with E-state index in [1.165, 1.54) is 24.8 Å². The SMILES string of the molecule is C1=C([I+]c2ccccc2)CCC(c2ccccc2)C1. The highest BCUT2D eigenvalue weighted by Gasteiger charge is 2.24. The van der Waals surface area contributed by atoms with Gasteiger partial charge in [0.1, 0.15) is 0 Å². The van der Waals surface area contributed by atoms with Crippen molar-refractivity contribution in [3.8, 4) is 0 Å². The van der Waals surface area contributed by atoms with E-state index in [2.05, 4.69) is 66.7 Å². The first-order chi connectivity index (χ1) is 9.42. The molecule has 2 aromatic rings. The molecule has 1 heteroatoms.